The van der Waals surface area contributed by atoms with E-state index in [2.05, 4.69) is 63.4 Å². The van der Waals surface area contributed by atoms with Crippen LogP contribution in [-0.4, -0.2) is 49.2 Å². The highest BCUT2D eigenvalue weighted by molar-refractivity contribution is 5.83. The van der Waals surface area contributed by atoms with Gasteiger partial charge in [0.25, 0.3) is 0 Å². The zero-order valence-electron chi connectivity index (χ0n) is 17.3. The average molecular weight is 390 g/mol. The lowest BCUT2D eigenvalue weighted by Crippen LogP contribution is -2.51. The number of hydrogen-bond acceptors (Lipinski definition) is 3. The molecule has 0 radical (unpaired) electrons. The van der Waals surface area contributed by atoms with Crippen molar-refractivity contribution in [2.24, 2.45) is 0 Å². The van der Waals surface area contributed by atoms with Crippen molar-refractivity contribution in [2.45, 2.75) is 37.6 Å². The van der Waals surface area contributed by atoms with E-state index in [0.717, 1.165) is 38.0 Å². The number of fused-ring (bicyclic) bond motifs is 1. The van der Waals surface area contributed by atoms with Gasteiger partial charge in [-0.3, -0.25) is 4.90 Å². The van der Waals surface area contributed by atoms with Crippen LogP contribution in [0, 0.1) is 0 Å². The molecule has 2 aliphatic rings. The third kappa shape index (κ3) is 3.74. The van der Waals surface area contributed by atoms with E-state index < -0.39 is 0 Å². The summed E-state index contributed by atoms with van der Waals surface area (Å²) >= 11 is 0. The molecule has 2 heterocycles. The standard InChI is InChI=1S/C25H31N3O/c1-29-22-9-5-8-21(17-22)28-14-12-27(13-15-28)20-7-4-6-19(16-20)24-18-26-25-11-3-2-10-23(24)25/h2-3,5,8-11,17-20,26H,4,6-7,12-16H2,1H3. The minimum Gasteiger partial charge on any atom is -0.497 e. The van der Waals surface area contributed by atoms with Crippen LogP contribution in [0.1, 0.15) is 37.2 Å². The van der Waals surface area contributed by atoms with Gasteiger partial charge in [0.2, 0.25) is 0 Å². The number of para-hydroxylation sites is 1. The second kappa shape index (κ2) is 8.11. The molecule has 1 saturated carbocycles. The maximum Gasteiger partial charge on any atom is 0.120 e. The fourth-order valence-corrected chi connectivity index (χ4v) is 5.36. The van der Waals surface area contributed by atoms with E-state index in [-0.39, 0.29) is 0 Å². The largest absolute Gasteiger partial charge is 0.497 e. The summed E-state index contributed by atoms with van der Waals surface area (Å²) in [6.07, 6.45) is 7.56. The number of benzene rings is 2. The maximum atomic E-state index is 5.40. The molecule has 2 atom stereocenters. The van der Waals surface area contributed by atoms with E-state index in [4.69, 9.17) is 4.74 Å². The van der Waals surface area contributed by atoms with Gasteiger partial charge in [-0.25, -0.2) is 0 Å². The van der Waals surface area contributed by atoms with Crippen molar-refractivity contribution in [2.75, 3.05) is 38.2 Å². The Labute approximate surface area is 173 Å². The van der Waals surface area contributed by atoms with Crippen LogP contribution in [0.4, 0.5) is 5.69 Å². The molecule has 1 aliphatic carbocycles. The Balaban J connectivity index is 1.24. The van der Waals surface area contributed by atoms with E-state index >= 15 is 0 Å². The van der Waals surface area contributed by atoms with E-state index in [1.54, 1.807) is 7.11 Å². The molecule has 0 amide bonds. The molecule has 1 saturated heterocycles. The summed E-state index contributed by atoms with van der Waals surface area (Å²) in [7, 11) is 1.74. The Bertz CT molecular complexity index is 957. The Morgan fingerprint density at radius 3 is 2.69 bits per heavy atom. The first-order valence-electron chi connectivity index (χ1n) is 11.0. The van der Waals surface area contributed by atoms with Crippen LogP contribution >= 0.6 is 0 Å². The summed E-state index contributed by atoms with van der Waals surface area (Å²) in [6, 6.07) is 17.9. The predicted octanol–water partition coefficient (Wildman–Crippen LogP) is 5.02. The zero-order valence-corrected chi connectivity index (χ0v) is 17.3. The Kier molecular flexibility index (Phi) is 5.19. The Morgan fingerprint density at radius 1 is 0.966 bits per heavy atom. The second-order valence-electron chi connectivity index (χ2n) is 8.53. The summed E-state index contributed by atoms with van der Waals surface area (Å²) in [5.74, 6) is 1.63. The number of hydrogen-bond donors (Lipinski definition) is 1. The van der Waals surface area contributed by atoms with Crippen LogP contribution < -0.4 is 9.64 Å². The number of aromatic amines is 1. The topological polar surface area (TPSA) is 31.5 Å². The molecule has 3 aromatic rings. The van der Waals surface area contributed by atoms with Gasteiger partial charge in [0.1, 0.15) is 5.75 Å². The molecule has 2 fully saturated rings. The Hall–Kier alpha value is -2.46. The first kappa shape index (κ1) is 18.6. The number of anilines is 1. The van der Waals surface area contributed by atoms with Crippen LogP contribution in [-0.2, 0) is 0 Å². The highest BCUT2D eigenvalue weighted by atomic mass is 16.5. The molecule has 29 heavy (non-hydrogen) atoms. The number of rotatable bonds is 4. The molecule has 1 aliphatic heterocycles. The molecule has 4 heteroatoms. The molecular weight excluding hydrogens is 358 g/mol. The van der Waals surface area contributed by atoms with Crippen LogP contribution in [0.2, 0.25) is 0 Å². The van der Waals surface area contributed by atoms with Crippen LogP contribution in [0.5, 0.6) is 5.75 Å². The van der Waals surface area contributed by atoms with Crippen molar-refractivity contribution in [1.29, 1.82) is 0 Å². The molecular formula is C25H31N3O. The van der Waals surface area contributed by atoms with Crippen LogP contribution in [0.3, 0.4) is 0 Å². The lowest BCUT2D eigenvalue weighted by molar-refractivity contribution is 0.139. The summed E-state index contributed by atoms with van der Waals surface area (Å²) in [6.45, 7) is 4.51. The van der Waals surface area contributed by atoms with E-state index in [0.29, 0.717) is 5.92 Å². The van der Waals surface area contributed by atoms with Gasteiger partial charge in [-0.1, -0.05) is 30.7 Å². The van der Waals surface area contributed by atoms with Gasteiger partial charge in [-0.2, -0.15) is 0 Å². The monoisotopic (exact) mass is 389 g/mol. The van der Waals surface area contributed by atoms with E-state index in [1.165, 1.54) is 47.8 Å². The Morgan fingerprint density at radius 2 is 1.83 bits per heavy atom. The zero-order chi connectivity index (χ0) is 19.6. The van der Waals surface area contributed by atoms with Gasteiger partial charge >= 0.3 is 0 Å². The summed E-state index contributed by atoms with van der Waals surface area (Å²) in [4.78, 5) is 8.73. The number of aromatic nitrogens is 1. The van der Waals surface area contributed by atoms with Gasteiger partial charge in [-0.15, -0.1) is 0 Å². The van der Waals surface area contributed by atoms with Crippen molar-refractivity contribution >= 4 is 16.6 Å². The molecule has 4 nitrogen and oxygen atoms in total. The van der Waals surface area contributed by atoms with Crippen molar-refractivity contribution in [3.8, 4) is 5.75 Å². The third-order valence-corrected chi connectivity index (χ3v) is 6.96. The highest BCUT2D eigenvalue weighted by Gasteiger charge is 2.30. The molecule has 1 N–H and O–H groups in total. The minimum atomic E-state index is 0.682. The number of ether oxygens (including phenoxy) is 1. The first-order chi connectivity index (χ1) is 14.3. The molecule has 152 valence electrons. The fourth-order valence-electron chi connectivity index (χ4n) is 5.36. The van der Waals surface area contributed by atoms with Crippen LogP contribution in [0.25, 0.3) is 10.9 Å². The molecule has 2 aromatic carbocycles. The number of H-pyrrole nitrogens is 1. The van der Waals surface area contributed by atoms with Crippen molar-refractivity contribution < 1.29 is 4.74 Å². The van der Waals surface area contributed by atoms with Gasteiger partial charge in [0.05, 0.1) is 7.11 Å². The average Bonchev–Trinajstić information content (AvgIpc) is 3.24. The maximum absolute atomic E-state index is 5.40. The van der Waals surface area contributed by atoms with Gasteiger partial charge < -0.3 is 14.6 Å². The van der Waals surface area contributed by atoms with Crippen molar-refractivity contribution in [3.63, 3.8) is 0 Å². The van der Waals surface area contributed by atoms with E-state index in [1.807, 2.05) is 6.07 Å². The first-order valence-corrected chi connectivity index (χ1v) is 11.0. The van der Waals surface area contributed by atoms with Crippen molar-refractivity contribution in [1.82, 2.24) is 9.88 Å². The van der Waals surface area contributed by atoms with Crippen molar-refractivity contribution in [3.05, 3.63) is 60.3 Å². The smallest absolute Gasteiger partial charge is 0.120 e. The highest BCUT2D eigenvalue weighted by Crippen LogP contribution is 2.38. The minimum absolute atomic E-state index is 0.682. The third-order valence-electron chi connectivity index (χ3n) is 6.96. The van der Waals surface area contributed by atoms with Gasteiger partial charge in [0.15, 0.2) is 0 Å². The quantitative estimate of drug-likeness (QED) is 0.679. The van der Waals surface area contributed by atoms with Gasteiger partial charge in [-0.05, 0) is 48.9 Å². The molecule has 0 spiro atoms. The summed E-state index contributed by atoms with van der Waals surface area (Å²) in [5, 5.41) is 1.42. The summed E-state index contributed by atoms with van der Waals surface area (Å²) in [5.41, 5.74) is 4.08. The molecule has 5 rings (SSSR count). The predicted molar refractivity (Wildman–Crippen MR) is 120 cm³/mol. The molecule has 0 bridgehead atoms. The number of nitrogens with one attached hydrogen (secondary N) is 1. The lowest BCUT2D eigenvalue weighted by Gasteiger charge is -2.43. The summed E-state index contributed by atoms with van der Waals surface area (Å²) < 4.78 is 5.40. The van der Waals surface area contributed by atoms with E-state index in [9.17, 15) is 0 Å². The normalized spacial score (nSPS) is 23.4. The molecule has 2 unspecified atom stereocenters. The van der Waals surface area contributed by atoms with Gasteiger partial charge in [0, 0.05) is 61.1 Å². The second-order valence-corrected chi connectivity index (χ2v) is 8.53. The fraction of sp³-hybridized carbons (Fsp3) is 0.440. The SMILES string of the molecule is COc1cccc(N2CCN(C3CCCC(c4c[nH]c5ccccc45)C3)CC2)c1. The molecule has 1 aromatic heterocycles. The van der Waals surface area contributed by atoms with Crippen LogP contribution in [0.15, 0.2) is 54.7 Å². The lowest BCUT2D eigenvalue weighted by atomic mass is 9.80. The number of methoxy groups -OCH3 is 1. The number of nitrogens with zero attached hydrogens (tertiary/aromatic N) is 2. The number of piperazine rings is 1.